The van der Waals surface area contributed by atoms with Crippen LogP contribution >= 0.6 is 0 Å². The first-order valence-corrected chi connectivity index (χ1v) is 11.0. The zero-order valence-corrected chi connectivity index (χ0v) is 15.9. The van der Waals surface area contributed by atoms with Crippen molar-refractivity contribution in [1.29, 1.82) is 0 Å². The van der Waals surface area contributed by atoms with Gasteiger partial charge in [-0.3, -0.25) is 0 Å². The van der Waals surface area contributed by atoms with Gasteiger partial charge in [-0.05, 0) is 27.7 Å². The van der Waals surface area contributed by atoms with Crippen molar-refractivity contribution in [2.45, 2.75) is 27.7 Å². The maximum atomic E-state index is 5.74. The molecule has 0 bridgehead atoms. The summed E-state index contributed by atoms with van der Waals surface area (Å²) in [4.78, 5) is 0. The lowest BCUT2D eigenvalue weighted by molar-refractivity contribution is -0.0825. The van der Waals surface area contributed by atoms with Crippen LogP contribution in [0.5, 0.6) is 0 Å². The minimum atomic E-state index is -3.13. The number of rotatable bonds is 8. The second-order valence-electron chi connectivity index (χ2n) is 4.13. The summed E-state index contributed by atoms with van der Waals surface area (Å²) in [7, 11) is -6.26. The van der Waals surface area contributed by atoms with Crippen LogP contribution in [0.25, 0.3) is 0 Å². The molecule has 0 saturated carbocycles. The summed E-state index contributed by atoms with van der Waals surface area (Å²) in [5.74, 6) is 0. The molecule has 10 heteroatoms. The minimum Gasteiger partial charge on any atom is -0.351 e. The van der Waals surface area contributed by atoms with Gasteiger partial charge >= 0.3 is 18.1 Å². The fourth-order valence-corrected chi connectivity index (χ4v) is 5.62. The molecule has 22 heavy (non-hydrogen) atoms. The van der Waals surface area contributed by atoms with Gasteiger partial charge in [-0.25, -0.2) is 0 Å². The first-order valence-electron chi connectivity index (χ1n) is 7.77. The third-order valence-corrected chi connectivity index (χ3v) is 7.37. The molecule has 1 aliphatic heterocycles. The molecule has 0 aromatic rings. The van der Waals surface area contributed by atoms with Crippen LogP contribution in [-0.4, -0.2) is 71.0 Å². The van der Waals surface area contributed by atoms with Crippen LogP contribution in [0.3, 0.4) is 0 Å². The van der Waals surface area contributed by atoms with Crippen molar-refractivity contribution < 1.29 is 35.4 Å². The van der Waals surface area contributed by atoms with Crippen molar-refractivity contribution in [3.8, 4) is 0 Å². The third kappa shape index (κ3) is 6.31. The molecule has 0 aliphatic carbocycles. The Morgan fingerprint density at radius 3 is 0.955 bits per heavy atom. The molecule has 1 fully saturated rings. The summed E-state index contributed by atoms with van der Waals surface area (Å²) in [5, 5.41) is 0. The fraction of sp³-hybridized carbons (Fsp3) is 1.00. The van der Waals surface area contributed by atoms with E-state index in [0.717, 1.165) is 0 Å². The zero-order chi connectivity index (χ0) is 16.3. The van der Waals surface area contributed by atoms with E-state index in [1.165, 1.54) is 0 Å². The first kappa shape index (κ1) is 20.2. The van der Waals surface area contributed by atoms with Gasteiger partial charge in [-0.1, -0.05) is 0 Å². The van der Waals surface area contributed by atoms with Gasteiger partial charge in [0.25, 0.3) is 0 Å². The van der Waals surface area contributed by atoms with Crippen molar-refractivity contribution in [2.75, 3.05) is 52.9 Å². The Balaban J connectivity index is 2.68. The molecule has 1 aliphatic rings. The molecule has 1 heterocycles. The molecule has 0 unspecified atom stereocenters. The number of hydrogen-bond donors (Lipinski definition) is 0. The largest absolute Gasteiger partial charge is 0.679 e. The van der Waals surface area contributed by atoms with E-state index >= 15 is 0 Å². The minimum absolute atomic E-state index is 0.254. The molecule has 0 radical (unpaired) electrons. The maximum Gasteiger partial charge on any atom is 0.679 e. The average Bonchev–Trinajstić information content (AvgIpc) is 2.49. The van der Waals surface area contributed by atoms with Gasteiger partial charge in [0, 0.05) is 26.4 Å². The summed E-state index contributed by atoms with van der Waals surface area (Å²) in [5.41, 5.74) is 0. The van der Waals surface area contributed by atoms with Crippen LogP contribution in [0.4, 0.5) is 0 Å². The van der Waals surface area contributed by atoms with E-state index in [0.29, 0.717) is 26.4 Å². The Labute approximate surface area is 134 Å². The lowest BCUT2D eigenvalue weighted by atomic mass is 10.8. The predicted octanol–water partition coefficient (Wildman–Crippen LogP) is 1.08. The standard InChI is InChI=1S/C12H28O8Si2/c1-5-13-21(14-6-2)17-9-11-19-22(15-7-3,16-8-4)20-12-10-18-21/h5-12H2,1-4H3. The van der Waals surface area contributed by atoms with E-state index in [9.17, 15) is 0 Å². The van der Waals surface area contributed by atoms with Crippen LogP contribution in [0.2, 0.25) is 0 Å². The fourth-order valence-electron chi connectivity index (χ4n) is 1.87. The molecule has 0 aromatic heterocycles. The van der Waals surface area contributed by atoms with E-state index in [1.54, 1.807) is 0 Å². The van der Waals surface area contributed by atoms with Crippen molar-refractivity contribution >= 4 is 18.1 Å². The van der Waals surface area contributed by atoms with Gasteiger partial charge < -0.3 is 35.4 Å². The SMILES string of the molecule is CCO[Si]1(OCC)OCCO[Si](OCC)(OCC)OCCO1. The molecule has 0 N–H and O–H groups in total. The molecule has 1 rings (SSSR count). The molecular weight excluding hydrogens is 328 g/mol. The predicted molar refractivity (Wildman–Crippen MR) is 81.8 cm³/mol. The van der Waals surface area contributed by atoms with Gasteiger partial charge in [0.15, 0.2) is 0 Å². The van der Waals surface area contributed by atoms with E-state index in [-0.39, 0.29) is 26.4 Å². The van der Waals surface area contributed by atoms with E-state index in [2.05, 4.69) is 0 Å². The Morgan fingerprint density at radius 1 is 0.545 bits per heavy atom. The van der Waals surface area contributed by atoms with Gasteiger partial charge in [0.2, 0.25) is 0 Å². The highest BCUT2D eigenvalue weighted by atomic mass is 28.4. The quantitative estimate of drug-likeness (QED) is 0.598. The summed E-state index contributed by atoms with van der Waals surface area (Å²) in [6.45, 7) is 10.3. The second kappa shape index (κ2) is 10.8. The Bertz CT molecular complexity index is 238. The average molecular weight is 357 g/mol. The second-order valence-corrected chi connectivity index (χ2v) is 8.44. The van der Waals surface area contributed by atoms with Crippen LogP contribution in [0, 0.1) is 0 Å². The molecule has 0 aromatic carbocycles. The lowest BCUT2D eigenvalue weighted by Crippen LogP contribution is -2.55. The Morgan fingerprint density at radius 2 is 0.773 bits per heavy atom. The van der Waals surface area contributed by atoms with Crippen molar-refractivity contribution in [1.82, 2.24) is 0 Å². The molecular formula is C12H28O8Si2. The van der Waals surface area contributed by atoms with Crippen molar-refractivity contribution in [3.05, 3.63) is 0 Å². The monoisotopic (exact) mass is 356 g/mol. The van der Waals surface area contributed by atoms with Crippen LogP contribution in [0.1, 0.15) is 27.7 Å². The molecule has 0 spiro atoms. The van der Waals surface area contributed by atoms with Gasteiger partial charge in [0.1, 0.15) is 0 Å². The summed E-state index contributed by atoms with van der Waals surface area (Å²) in [6, 6.07) is 0. The van der Waals surface area contributed by atoms with Crippen molar-refractivity contribution in [3.63, 3.8) is 0 Å². The molecule has 8 nitrogen and oxygen atoms in total. The topological polar surface area (TPSA) is 73.8 Å². The highest BCUT2D eigenvalue weighted by Gasteiger charge is 2.49. The third-order valence-electron chi connectivity index (χ3n) is 2.57. The highest BCUT2D eigenvalue weighted by Crippen LogP contribution is 2.17. The molecule has 1 saturated heterocycles. The van der Waals surface area contributed by atoms with Crippen molar-refractivity contribution in [2.24, 2.45) is 0 Å². The van der Waals surface area contributed by atoms with E-state index in [1.807, 2.05) is 27.7 Å². The first-order chi connectivity index (χ1) is 10.7. The summed E-state index contributed by atoms with van der Waals surface area (Å²) in [6.07, 6.45) is 0. The Kier molecular flexibility index (Phi) is 9.90. The normalized spacial score (nSPS) is 22.4. The maximum absolute atomic E-state index is 5.74. The molecule has 0 atom stereocenters. The van der Waals surface area contributed by atoms with Gasteiger partial charge in [-0.2, -0.15) is 0 Å². The summed E-state index contributed by atoms with van der Waals surface area (Å²) >= 11 is 0. The van der Waals surface area contributed by atoms with Crippen LogP contribution in [-0.2, 0) is 35.4 Å². The Hall–Kier alpha value is 0.114. The van der Waals surface area contributed by atoms with E-state index < -0.39 is 18.1 Å². The molecule has 132 valence electrons. The summed E-state index contributed by atoms with van der Waals surface area (Å²) < 4.78 is 45.4. The van der Waals surface area contributed by atoms with Gasteiger partial charge in [-0.15, -0.1) is 0 Å². The molecule has 0 amide bonds. The van der Waals surface area contributed by atoms with Crippen LogP contribution in [0.15, 0.2) is 0 Å². The van der Waals surface area contributed by atoms with E-state index in [4.69, 9.17) is 35.4 Å². The lowest BCUT2D eigenvalue weighted by Gasteiger charge is -2.32. The van der Waals surface area contributed by atoms with Gasteiger partial charge in [0.05, 0.1) is 26.4 Å². The highest BCUT2D eigenvalue weighted by molar-refractivity contribution is 6.54. The van der Waals surface area contributed by atoms with Crippen LogP contribution < -0.4 is 0 Å². The smallest absolute Gasteiger partial charge is 0.351 e. The zero-order valence-electron chi connectivity index (χ0n) is 13.9. The number of hydrogen-bond acceptors (Lipinski definition) is 8.